The Hall–Kier alpha value is -2.89. The lowest BCUT2D eigenvalue weighted by atomic mass is 9.85. The van der Waals surface area contributed by atoms with Crippen molar-refractivity contribution in [2.24, 2.45) is 0 Å². The van der Waals surface area contributed by atoms with Crippen LogP contribution in [0.2, 0.25) is 0 Å². The average Bonchev–Trinajstić information content (AvgIpc) is 3.03. The van der Waals surface area contributed by atoms with E-state index in [0.29, 0.717) is 52.6 Å². The van der Waals surface area contributed by atoms with Gasteiger partial charge in [0.25, 0.3) is 0 Å². The van der Waals surface area contributed by atoms with Crippen LogP contribution in [-0.2, 0) is 30.3 Å². The van der Waals surface area contributed by atoms with Crippen LogP contribution >= 0.6 is 0 Å². The SMILES string of the molecule is COCCCN1CCOc2ccc(CO[C@H]3CNC[C@@H](OCC(=O)N4CCOCC4)[C@@H]3c3ccc(OC)cc3)cc21. The lowest BCUT2D eigenvalue weighted by molar-refractivity contribution is -0.144. The summed E-state index contributed by atoms with van der Waals surface area (Å²) in [5, 5.41) is 3.47. The van der Waals surface area contributed by atoms with E-state index in [4.69, 9.17) is 28.4 Å². The van der Waals surface area contributed by atoms with Gasteiger partial charge in [-0.15, -0.1) is 0 Å². The van der Waals surface area contributed by atoms with Crippen LogP contribution < -0.4 is 19.7 Å². The second-order valence-electron chi connectivity index (χ2n) is 10.6. The number of fused-ring (bicyclic) bond motifs is 1. The predicted octanol–water partition coefficient (Wildman–Crippen LogP) is 2.45. The van der Waals surface area contributed by atoms with Crippen LogP contribution in [0.15, 0.2) is 42.5 Å². The maximum absolute atomic E-state index is 12.8. The summed E-state index contributed by atoms with van der Waals surface area (Å²) in [5.74, 6) is 1.65. The molecule has 41 heavy (non-hydrogen) atoms. The van der Waals surface area contributed by atoms with Crippen molar-refractivity contribution in [1.29, 1.82) is 0 Å². The minimum atomic E-state index is -0.222. The molecule has 0 radical (unpaired) electrons. The summed E-state index contributed by atoms with van der Waals surface area (Å²) in [6.45, 7) is 7.36. The number of carbonyl (C=O) groups excluding carboxylic acids is 1. The second-order valence-corrected chi connectivity index (χ2v) is 10.6. The fourth-order valence-corrected chi connectivity index (χ4v) is 5.77. The van der Waals surface area contributed by atoms with E-state index in [1.807, 2.05) is 23.1 Å². The Kier molecular flexibility index (Phi) is 10.7. The first-order valence-electron chi connectivity index (χ1n) is 14.6. The number of anilines is 1. The van der Waals surface area contributed by atoms with Gasteiger partial charge in [0.05, 0.1) is 51.4 Å². The van der Waals surface area contributed by atoms with Crippen molar-refractivity contribution in [3.63, 3.8) is 0 Å². The van der Waals surface area contributed by atoms with E-state index in [-0.39, 0.29) is 30.6 Å². The monoisotopic (exact) mass is 569 g/mol. The number of amides is 1. The van der Waals surface area contributed by atoms with Crippen LogP contribution in [-0.4, -0.2) is 110 Å². The van der Waals surface area contributed by atoms with Crippen molar-refractivity contribution in [1.82, 2.24) is 10.2 Å². The first-order valence-corrected chi connectivity index (χ1v) is 14.6. The number of ether oxygens (including phenoxy) is 6. The zero-order chi connectivity index (χ0) is 28.4. The van der Waals surface area contributed by atoms with Gasteiger partial charge in [0.2, 0.25) is 5.91 Å². The molecule has 1 N–H and O–H groups in total. The highest BCUT2D eigenvalue weighted by molar-refractivity contribution is 5.77. The molecule has 3 heterocycles. The van der Waals surface area contributed by atoms with Crippen molar-refractivity contribution in [3.8, 4) is 11.5 Å². The number of nitrogens with zero attached hydrogens (tertiary/aromatic N) is 2. The highest BCUT2D eigenvalue weighted by Gasteiger charge is 2.37. The van der Waals surface area contributed by atoms with E-state index in [1.165, 1.54) is 0 Å². The molecule has 0 bridgehead atoms. The fraction of sp³-hybridized carbons (Fsp3) is 0.581. The predicted molar refractivity (Wildman–Crippen MR) is 155 cm³/mol. The van der Waals surface area contributed by atoms with Crippen LogP contribution in [0.25, 0.3) is 0 Å². The molecule has 3 aliphatic rings. The molecule has 2 saturated heterocycles. The summed E-state index contributed by atoms with van der Waals surface area (Å²) >= 11 is 0. The summed E-state index contributed by atoms with van der Waals surface area (Å²) in [7, 11) is 3.40. The third-order valence-corrected chi connectivity index (χ3v) is 8.00. The smallest absolute Gasteiger partial charge is 0.248 e. The molecule has 10 nitrogen and oxygen atoms in total. The topological polar surface area (TPSA) is 91.0 Å². The highest BCUT2D eigenvalue weighted by Crippen LogP contribution is 2.35. The van der Waals surface area contributed by atoms with Gasteiger partial charge < -0.3 is 43.5 Å². The zero-order valence-corrected chi connectivity index (χ0v) is 24.2. The minimum absolute atomic E-state index is 0.00356. The van der Waals surface area contributed by atoms with E-state index in [2.05, 4.69) is 34.5 Å². The lowest BCUT2D eigenvalue weighted by Gasteiger charge is -2.39. The third kappa shape index (κ3) is 7.69. The summed E-state index contributed by atoms with van der Waals surface area (Å²) in [6.07, 6.45) is 0.592. The molecular weight excluding hydrogens is 526 g/mol. The normalized spacial score (nSPS) is 22.6. The number of benzene rings is 2. The van der Waals surface area contributed by atoms with Crippen molar-refractivity contribution >= 4 is 11.6 Å². The molecule has 5 rings (SSSR count). The van der Waals surface area contributed by atoms with Crippen molar-refractivity contribution in [2.45, 2.75) is 31.2 Å². The van der Waals surface area contributed by atoms with E-state index in [1.54, 1.807) is 14.2 Å². The van der Waals surface area contributed by atoms with E-state index in [9.17, 15) is 4.79 Å². The van der Waals surface area contributed by atoms with E-state index in [0.717, 1.165) is 54.4 Å². The Balaban J connectivity index is 1.28. The van der Waals surface area contributed by atoms with Crippen LogP contribution in [0, 0.1) is 0 Å². The van der Waals surface area contributed by atoms with Gasteiger partial charge in [-0.1, -0.05) is 18.2 Å². The quantitative estimate of drug-likeness (QED) is 0.387. The zero-order valence-electron chi connectivity index (χ0n) is 24.2. The van der Waals surface area contributed by atoms with Gasteiger partial charge in [-0.25, -0.2) is 0 Å². The molecule has 2 fully saturated rings. The molecule has 3 atom stereocenters. The largest absolute Gasteiger partial charge is 0.497 e. The number of rotatable bonds is 12. The summed E-state index contributed by atoms with van der Waals surface area (Å²) in [6, 6.07) is 14.4. The second kappa shape index (κ2) is 14.8. The van der Waals surface area contributed by atoms with Gasteiger partial charge in [-0.3, -0.25) is 4.79 Å². The van der Waals surface area contributed by atoms with Crippen LogP contribution in [0.4, 0.5) is 5.69 Å². The number of piperidine rings is 1. The summed E-state index contributed by atoms with van der Waals surface area (Å²) in [4.78, 5) is 17.0. The van der Waals surface area contributed by atoms with Crippen LogP contribution in [0.1, 0.15) is 23.5 Å². The minimum Gasteiger partial charge on any atom is -0.497 e. The van der Waals surface area contributed by atoms with E-state index >= 15 is 0 Å². The molecule has 0 spiro atoms. The molecule has 0 unspecified atom stereocenters. The van der Waals surface area contributed by atoms with Gasteiger partial charge in [0.1, 0.15) is 24.7 Å². The molecule has 0 aliphatic carbocycles. The molecule has 1 amide bonds. The molecular formula is C31H43N3O7. The van der Waals surface area contributed by atoms with Crippen LogP contribution in [0.3, 0.4) is 0 Å². The standard InChI is InChI=1S/C31H43N3O7/c1-36-14-3-10-33-13-17-39-27-9-4-23(18-26(27)33)21-40-28-19-32-20-29(31(28)24-5-7-25(37-2)8-6-24)41-22-30(35)34-11-15-38-16-12-34/h4-9,18,28-29,31-32H,3,10-17,19-22H2,1-2H3/t28-,29+,31+/m0/s1. The number of carbonyl (C=O) groups is 1. The molecule has 2 aromatic carbocycles. The first kappa shape index (κ1) is 29.6. The number of hydrogen-bond donors (Lipinski definition) is 1. The first-order chi connectivity index (χ1) is 20.2. The van der Waals surface area contributed by atoms with Gasteiger partial charge in [-0.2, -0.15) is 0 Å². The Bertz CT molecular complexity index is 1110. The average molecular weight is 570 g/mol. The summed E-state index contributed by atoms with van der Waals surface area (Å²) < 4.78 is 34.9. The van der Waals surface area contributed by atoms with Crippen molar-refractivity contribution in [2.75, 3.05) is 91.4 Å². The van der Waals surface area contributed by atoms with Crippen molar-refractivity contribution in [3.05, 3.63) is 53.6 Å². The van der Waals surface area contributed by atoms with Gasteiger partial charge >= 0.3 is 0 Å². The maximum Gasteiger partial charge on any atom is 0.248 e. The maximum atomic E-state index is 12.8. The molecule has 0 aromatic heterocycles. The number of morpholine rings is 1. The Labute approximate surface area is 242 Å². The van der Waals surface area contributed by atoms with Gasteiger partial charge in [-0.05, 0) is 41.8 Å². The highest BCUT2D eigenvalue weighted by atomic mass is 16.5. The third-order valence-electron chi connectivity index (χ3n) is 8.00. The van der Waals surface area contributed by atoms with Gasteiger partial charge in [0, 0.05) is 52.4 Å². The molecule has 2 aromatic rings. The molecule has 10 heteroatoms. The summed E-state index contributed by atoms with van der Waals surface area (Å²) in [5.41, 5.74) is 3.29. The number of hydrogen-bond acceptors (Lipinski definition) is 9. The van der Waals surface area contributed by atoms with Gasteiger partial charge in [0.15, 0.2) is 0 Å². The van der Waals surface area contributed by atoms with E-state index < -0.39 is 0 Å². The Morgan fingerprint density at radius 3 is 2.51 bits per heavy atom. The van der Waals surface area contributed by atoms with Crippen molar-refractivity contribution < 1.29 is 33.2 Å². The molecule has 3 aliphatic heterocycles. The number of nitrogens with one attached hydrogen (secondary N) is 1. The van der Waals surface area contributed by atoms with Crippen LogP contribution in [0.5, 0.6) is 11.5 Å². The molecule has 224 valence electrons. The lowest BCUT2D eigenvalue weighted by Crippen LogP contribution is -2.51. The Morgan fingerprint density at radius 2 is 1.76 bits per heavy atom. The molecule has 0 saturated carbocycles. The Morgan fingerprint density at radius 1 is 0.976 bits per heavy atom. The fourth-order valence-electron chi connectivity index (χ4n) is 5.77. The number of methoxy groups -OCH3 is 2.